The van der Waals surface area contributed by atoms with Crippen molar-refractivity contribution in [1.29, 1.82) is 0 Å². The Labute approximate surface area is 218 Å². The molecule has 0 saturated carbocycles. The Hall–Kier alpha value is -3.80. The Morgan fingerprint density at radius 3 is 2.16 bits per heavy atom. The maximum atomic E-state index is 10.3. The SMILES string of the molecule is CCn1cncc1CN(Cc1ccccn1)Cc1ccccc1Cl.O=C(O)CC(O)(CC(=O)O)C(=O)O. The minimum absolute atomic E-state index is 0.765. The lowest BCUT2D eigenvalue weighted by Crippen LogP contribution is -2.42. The van der Waals surface area contributed by atoms with Gasteiger partial charge in [-0.1, -0.05) is 35.9 Å². The van der Waals surface area contributed by atoms with Gasteiger partial charge in [0, 0.05) is 43.6 Å². The average molecular weight is 533 g/mol. The van der Waals surface area contributed by atoms with Crippen LogP contribution in [0.1, 0.15) is 36.7 Å². The highest BCUT2D eigenvalue weighted by Gasteiger charge is 2.40. The molecule has 1 aromatic carbocycles. The fourth-order valence-electron chi connectivity index (χ4n) is 3.46. The molecule has 12 heteroatoms. The fraction of sp³-hybridized carbons (Fsp3) is 0.320. The van der Waals surface area contributed by atoms with Crippen molar-refractivity contribution in [3.8, 4) is 0 Å². The lowest BCUT2D eigenvalue weighted by molar-refractivity contribution is -0.170. The van der Waals surface area contributed by atoms with Gasteiger partial charge in [-0.25, -0.2) is 9.78 Å². The van der Waals surface area contributed by atoms with Gasteiger partial charge in [0.05, 0.1) is 30.6 Å². The highest BCUT2D eigenvalue weighted by Crippen LogP contribution is 2.20. The predicted molar refractivity (Wildman–Crippen MR) is 134 cm³/mol. The first-order chi connectivity index (χ1) is 17.5. The van der Waals surface area contributed by atoms with Crippen molar-refractivity contribution in [2.75, 3.05) is 0 Å². The third-order valence-electron chi connectivity index (χ3n) is 5.27. The number of aromatic nitrogens is 3. The van der Waals surface area contributed by atoms with E-state index in [4.69, 9.17) is 32.0 Å². The molecular formula is C25H29ClN4O7. The van der Waals surface area contributed by atoms with Crippen LogP contribution in [0.5, 0.6) is 0 Å². The standard InChI is InChI=1S/C19H21ClN4.C6H8O7/c1-2-24-15-21-11-18(24)14-23(13-17-8-5-6-10-22-17)12-16-7-3-4-9-19(16)20;7-3(8)1-6(13,5(11)12)2-4(9)10/h3-11,15H,2,12-14H2,1H3;13H,1-2H2,(H,7,8)(H,9,10)(H,11,12). The first kappa shape index (κ1) is 29.4. The van der Waals surface area contributed by atoms with Gasteiger partial charge >= 0.3 is 17.9 Å². The van der Waals surface area contributed by atoms with E-state index in [9.17, 15) is 14.4 Å². The number of imidazole rings is 1. The van der Waals surface area contributed by atoms with Gasteiger partial charge in [-0.05, 0) is 30.7 Å². The number of hydrogen-bond donors (Lipinski definition) is 4. The molecule has 198 valence electrons. The first-order valence-electron chi connectivity index (χ1n) is 11.3. The van der Waals surface area contributed by atoms with Crippen molar-refractivity contribution in [1.82, 2.24) is 19.4 Å². The van der Waals surface area contributed by atoms with Gasteiger partial charge in [0.2, 0.25) is 0 Å². The van der Waals surface area contributed by atoms with E-state index in [1.165, 1.54) is 5.69 Å². The van der Waals surface area contributed by atoms with Crippen LogP contribution in [0.25, 0.3) is 0 Å². The summed E-state index contributed by atoms with van der Waals surface area (Å²) in [6.07, 6.45) is 3.36. The Bertz CT molecular complexity index is 1170. The van der Waals surface area contributed by atoms with Gasteiger partial charge < -0.3 is 25.0 Å². The van der Waals surface area contributed by atoms with Crippen LogP contribution in [-0.2, 0) is 40.6 Å². The molecule has 2 aromatic heterocycles. The maximum Gasteiger partial charge on any atom is 0.336 e. The van der Waals surface area contributed by atoms with Gasteiger partial charge in [-0.3, -0.25) is 19.5 Å². The Morgan fingerprint density at radius 2 is 1.62 bits per heavy atom. The van der Waals surface area contributed by atoms with Gasteiger partial charge in [-0.2, -0.15) is 0 Å². The van der Waals surface area contributed by atoms with Gasteiger partial charge in [0.25, 0.3) is 0 Å². The topological polar surface area (TPSA) is 166 Å². The molecule has 3 aromatic rings. The summed E-state index contributed by atoms with van der Waals surface area (Å²) in [5.74, 6) is -5.02. The van der Waals surface area contributed by atoms with Gasteiger partial charge in [-0.15, -0.1) is 0 Å². The molecule has 0 fully saturated rings. The number of aliphatic carboxylic acids is 3. The lowest BCUT2D eigenvalue weighted by Gasteiger charge is -2.23. The Kier molecular flexibility index (Phi) is 11.2. The minimum Gasteiger partial charge on any atom is -0.481 e. The molecule has 0 unspecified atom stereocenters. The minimum atomic E-state index is -2.74. The second-order valence-corrected chi connectivity index (χ2v) is 8.61. The number of hydrogen-bond acceptors (Lipinski definition) is 7. The van der Waals surface area contributed by atoms with E-state index in [1.807, 2.05) is 49.1 Å². The van der Waals surface area contributed by atoms with Crippen molar-refractivity contribution in [2.24, 2.45) is 0 Å². The molecule has 0 spiro atoms. The number of aryl methyl sites for hydroxylation is 1. The zero-order valence-corrected chi connectivity index (χ0v) is 21.0. The van der Waals surface area contributed by atoms with Crippen molar-refractivity contribution in [3.05, 3.63) is 83.2 Å². The highest BCUT2D eigenvalue weighted by molar-refractivity contribution is 6.31. The zero-order chi connectivity index (χ0) is 27.4. The molecule has 0 amide bonds. The average Bonchev–Trinajstić information content (AvgIpc) is 3.27. The van der Waals surface area contributed by atoms with Crippen LogP contribution in [0.3, 0.4) is 0 Å². The first-order valence-corrected chi connectivity index (χ1v) is 11.7. The highest BCUT2D eigenvalue weighted by atomic mass is 35.5. The number of benzene rings is 1. The summed E-state index contributed by atoms with van der Waals surface area (Å²) >= 11 is 6.35. The monoisotopic (exact) mass is 532 g/mol. The number of aliphatic hydroxyl groups is 1. The summed E-state index contributed by atoms with van der Waals surface area (Å²) in [5, 5.41) is 34.6. The molecule has 4 N–H and O–H groups in total. The molecule has 0 aliphatic rings. The van der Waals surface area contributed by atoms with E-state index < -0.39 is 36.4 Å². The van der Waals surface area contributed by atoms with Crippen molar-refractivity contribution in [2.45, 2.75) is 51.5 Å². The van der Waals surface area contributed by atoms with E-state index >= 15 is 0 Å². The molecule has 0 saturated heterocycles. The molecule has 0 aliphatic heterocycles. The van der Waals surface area contributed by atoms with Crippen LogP contribution in [0.15, 0.2) is 61.2 Å². The van der Waals surface area contributed by atoms with E-state index in [0.717, 1.165) is 42.5 Å². The molecule has 0 radical (unpaired) electrons. The fourth-order valence-corrected chi connectivity index (χ4v) is 3.66. The maximum absolute atomic E-state index is 10.3. The number of carboxylic acid groups (broad SMARTS) is 3. The van der Waals surface area contributed by atoms with Crippen LogP contribution in [0.2, 0.25) is 5.02 Å². The molecular weight excluding hydrogens is 504 g/mol. The molecule has 0 bridgehead atoms. The number of carbonyl (C=O) groups is 3. The number of pyridine rings is 1. The third-order valence-corrected chi connectivity index (χ3v) is 5.64. The smallest absolute Gasteiger partial charge is 0.336 e. The van der Waals surface area contributed by atoms with Crippen LogP contribution in [0, 0.1) is 0 Å². The summed E-state index contributed by atoms with van der Waals surface area (Å²) in [7, 11) is 0. The summed E-state index contributed by atoms with van der Waals surface area (Å²) in [6.45, 7) is 5.38. The summed E-state index contributed by atoms with van der Waals surface area (Å²) in [4.78, 5) is 41.6. The lowest BCUT2D eigenvalue weighted by atomic mass is 9.96. The zero-order valence-electron chi connectivity index (χ0n) is 20.2. The van der Waals surface area contributed by atoms with E-state index in [-0.39, 0.29) is 0 Å². The predicted octanol–water partition coefficient (Wildman–Crippen LogP) is 2.91. The molecule has 3 rings (SSSR count). The number of nitrogens with zero attached hydrogens (tertiary/aromatic N) is 4. The van der Waals surface area contributed by atoms with Crippen LogP contribution >= 0.6 is 11.6 Å². The largest absolute Gasteiger partial charge is 0.481 e. The summed E-state index contributed by atoms with van der Waals surface area (Å²) < 4.78 is 2.16. The van der Waals surface area contributed by atoms with E-state index in [1.54, 1.807) is 0 Å². The molecule has 0 atom stereocenters. The summed E-state index contributed by atoms with van der Waals surface area (Å²) in [6, 6.07) is 14.0. The number of halogens is 1. The molecule has 11 nitrogen and oxygen atoms in total. The van der Waals surface area contributed by atoms with Gasteiger partial charge in [0.15, 0.2) is 5.60 Å². The van der Waals surface area contributed by atoms with Crippen molar-refractivity contribution in [3.63, 3.8) is 0 Å². The van der Waals surface area contributed by atoms with Crippen molar-refractivity contribution < 1.29 is 34.8 Å². The normalized spacial score (nSPS) is 11.0. The molecule has 0 aliphatic carbocycles. The van der Waals surface area contributed by atoms with Crippen LogP contribution in [0.4, 0.5) is 0 Å². The van der Waals surface area contributed by atoms with E-state index in [2.05, 4.69) is 38.5 Å². The number of carboxylic acids is 3. The second kappa shape index (κ2) is 14.1. The molecule has 37 heavy (non-hydrogen) atoms. The second-order valence-electron chi connectivity index (χ2n) is 8.21. The Morgan fingerprint density at radius 1 is 0.973 bits per heavy atom. The number of rotatable bonds is 12. The third kappa shape index (κ3) is 9.64. The van der Waals surface area contributed by atoms with E-state index in [0.29, 0.717) is 0 Å². The van der Waals surface area contributed by atoms with Crippen molar-refractivity contribution >= 4 is 29.5 Å². The van der Waals surface area contributed by atoms with Crippen LogP contribution in [-0.4, -0.2) is 63.4 Å². The summed E-state index contributed by atoms with van der Waals surface area (Å²) in [5.41, 5.74) is 0.628. The quantitative estimate of drug-likeness (QED) is 0.272. The van der Waals surface area contributed by atoms with Crippen LogP contribution < -0.4 is 0 Å². The Balaban J connectivity index is 0.000000317. The molecule has 2 heterocycles. The van der Waals surface area contributed by atoms with Gasteiger partial charge in [0.1, 0.15) is 0 Å².